The van der Waals surface area contributed by atoms with Gasteiger partial charge in [0.05, 0.1) is 7.11 Å². The quantitative estimate of drug-likeness (QED) is 0.756. The van der Waals surface area contributed by atoms with E-state index in [2.05, 4.69) is 35.9 Å². The van der Waals surface area contributed by atoms with Crippen molar-refractivity contribution in [2.24, 2.45) is 0 Å². The number of methoxy groups -OCH3 is 1. The van der Waals surface area contributed by atoms with Crippen LogP contribution in [0.3, 0.4) is 0 Å². The summed E-state index contributed by atoms with van der Waals surface area (Å²) in [6, 6.07) is 8.91. The lowest BCUT2D eigenvalue weighted by Crippen LogP contribution is -2.50. The lowest BCUT2D eigenvalue weighted by molar-refractivity contribution is 0.275. The molecule has 0 aliphatic carbocycles. The second kappa shape index (κ2) is 4.74. The van der Waals surface area contributed by atoms with E-state index in [4.69, 9.17) is 4.74 Å². The molecule has 0 saturated carbocycles. The minimum absolute atomic E-state index is 0.576. The number of anilines is 1. The van der Waals surface area contributed by atoms with Gasteiger partial charge in [0.15, 0.2) is 0 Å². The molecule has 0 spiro atoms. The highest BCUT2D eigenvalue weighted by atomic mass is 16.5. The average molecular weight is 220 g/mol. The molecule has 1 fully saturated rings. The highest BCUT2D eigenvalue weighted by Gasteiger charge is 2.21. The fourth-order valence-electron chi connectivity index (χ4n) is 2.30. The molecule has 1 heterocycles. The first-order valence-corrected chi connectivity index (χ1v) is 5.80. The van der Waals surface area contributed by atoms with E-state index in [0.717, 1.165) is 25.4 Å². The van der Waals surface area contributed by atoms with Gasteiger partial charge in [0.1, 0.15) is 5.75 Å². The highest BCUT2D eigenvalue weighted by Crippen LogP contribution is 2.22. The lowest BCUT2D eigenvalue weighted by Gasteiger charge is -2.39. The van der Waals surface area contributed by atoms with Gasteiger partial charge in [-0.05, 0) is 38.2 Å². The van der Waals surface area contributed by atoms with E-state index < -0.39 is 0 Å². The topological polar surface area (TPSA) is 15.7 Å². The van der Waals surface area contributed by atoms with Crippen molar-refractivity contribution in [3.8, 4) is 5.75 Å². The van der Waals surface area contributed by atoms with Gasteiger partial charge < -0.3 is 14.5 Å². The van der Waals surface area contributed by atoms with Crippen molar-refractivity contribution < 1.29 is 4.74 Å². The lowest BCUT2D eigenvalue weighted by atomic mass is 10.1. The van der Waals surface area contributed by atoms with Gasteiger partial charge in [0, 0.05) is 31.4 Å². The number of piperazine rings is 1. The van der Waals surface area contributed by atoms with Crippen molar-refractivity contribution in [2.45, 2.75) is 13.0 Å². The standard InChI is InChI=1S/C13H20N2O/c1-11-10-14(2)8-9-15(11)12-4-6-13(16-3)7-5-12/h4-7,11H,8-10H2,1-3H3. The van der Waals surface area contributed by atoms with E-state index in [1.54, 1.807) is 7.11 Å². The molecule has 0 amide bonds. The number of hydrogen-bond acceptors (Lipinski definition) is 3. The summed E-state index contributed by atoms with van der Waals surface area (Å²) in [6.45, 7) is 5.65. The Bertz CT molecular complexity index is 336. The summed E-state index contributed by atoms with van der Waals surface area (Å²) in [7, 11) is 3.88. The summed E-state index contributed by atoms with van der Waals surface area (Å²) < 4.78 is 5.17. The molecule has 2 rings (SSSR count). The molecule has 3 heteroatoms. The minimum atomic E-state index is 0.576. The van der Waals surface area contributed by atoms with Crippen molar-refractivity contribution in [3.63, 3.8) is 0 Å². The van der Waals surface area contributed by atoms with Crippen molar-refractivity contribution in [2.75, 3.05) is 38.7 Å². The van der Waals surface area contributed by atoms with E-state index in [0.29, 0.717) is 6.04 Å². The number of benzene rings is 1. The first-order chi connectivity index (χ1) is 7.70. The fourth-order valence-corrected chi connectivity index (χ4v) is 2.30. The summed E-state index contributed by atoms with van der Waals surface area (Å²) in [5.74, 6) is 0.922. The third kappa shape index (κ3) is 2.30. The number of likely N-dealkylation sites (N-methyl/N-ethyl adjacent to an activating group) is 1. The summed E-state index contributed by atoms with van der Waals surface area (Å²) in [5, 5.41) is 0. The average Bonchev–Trinajstić information content (AvgIpc) is 2.29. The van der Waals surface area contributed by atoms with Gasteiger partial charge in [-0.3, -0.25) is 0 Å². The van der Waals surface area contributed by atoms with Crippen LogP contribution < -0.4 is 9.64 Å². The van der Waals surface area contributed by atoms with Gasteiger partial charge in [0.25, 0.3) is 0 Å². The molecular formula is C13H20N2O. The molecule has 1 aromatic carbocycles. The maximum atomic E-state index is 5.17. The molecule has 1 aliphatic heterocycles. The molecule has 0 bridgehead atoms. The Morgan fingerprint density at radius 3 is 2.44 bits per heavy atom. The van der Waals surface area contributed by atoms with Crippen molar-refractivity contribution in [1.29, 1.82) is 0 Å². The first kappa shape index (κ1) is 11.3. The SMILES string of the molecule is COc1ccc(N2CCN(C)CC2C)cc1. The summed E-state index contributed by atoms with van der Waals surface area (Å²) >= 11 is 0. The summed E-state index contributed by atoms with van der Waals surface area (Å²) in [6.07, 6.45) is 0. The first-order valence-electron chi connectivity index (χ1n) is 5.80. The predicted octanol–water partition coefficient (Wildman–Crippen LogP) is 1.84. The van der Waals surface area contributed by atoms with E-state index in [1.165, 1.54) is 5.69 Å². The Kier molecular flexibility index (Phi) is 3.34. The molecule has 1 atom stereocenters. The van der Waals surface area contributed by atoms with Crippen LogP contribution in [0.25, 0.3) is 0 Å². The normalized spacial score (nSPS) is 22.2. The van der Waals surface area contributed by atoms with E-state index in [-0.39, 0.29) is 0 Å². The summed E-state index contributed by atoms with van der Waals surface area (Å²) in [5.41, 5.74) is 1.29. The van der Waals surface area contributed by atoms with Crippen LogP contribution in [0.15, 0.2) is 24.3 Å². The van der Waals surface area contributed by atoms with Gasteiger partial charge in [-0.25, -0.2) is 0 Å². The monoisotopic (exact) mass is 220 g/mol. The maximum Gasteiger partial charge on any atom is 0.119 e. The van der Waals surface area contributed by atoms with Crippen molar-refractivity contribution >= 4 is 5.69 Å². The molecule has 16 heavy (non-hydrogen) atoms. The Hall–Kier alpha value is -1.22. The molecule has 1 aliphatic rings. The molecule has 88 valence electrons. The van der Waals surface area contributed by atoms with Crippen LogP contribution in [0, 0.1) is 0 Å². The van der Waals surface area contributed by atoms with Gasteiger partial charge >= 0.3 is 0 Å². The van der Waals surface area contributed by atoms with Crippen LogP contribution in [-0.2, 0) is 0 Å². The molecule has 1 saturated heterocycles. The molecular weight excluding hydrogens is 200 g/mol. The predicted molar refractivity (Wildman–Crippen MR) is 67.3 cm³/mol. The summed E-state index contributed by atoms with van der Waals surface area (Å²) in [4.78, 5) is 4.84. The Balaban J connectivity index is 2.11. The van der Waals surface area contributed by atoms with Crippen molar-refractivity contribution in [3.05, 3.63) is 24.3 Å². The van der Waals surface area contributed by atoms with Crippen LogP contribution in [0.5, 0.6) is 5.75 Å². The second-order valence-electron chi connectivity index (χ2n) is 4.50. The number of nitrogens with zero attached hydrogens (tertiary/aromatic N) is 2. The van der Waals surface area contributed by atoms with Crippen LogP contribution >= 0.6 is 0 Å². The Labute approximate surface area is 97.6 Å². The molecule has 1 aromatic rings. The molecule has 0 aromatic heterocycles. The van der Waals surface area contributed by atoms with Crippen LogP contribution in [0.1, 0.15) is 6.92 Å². The smallest absolute Gasteiger partial charge is 0.119 e. The Morgan fingerprint density at radius 1 is 1.19 bits per heavy atom. The second-order valence-corrected chi connectivity index (χ2v) is 4.50. The van der Waals surface area contributed by atoms with Gasteiger partial charge in [-0.15, -0.1) is 0 Å². The highest BCUT2D eigenvalue weighted by molar-refractivity contribution is 5.50. The van der Waals surface area contributed by atoms with E-state index in [9.17, 15) is 0 Å². The van der Waals surface area contributed by atoms with Crippen LogP contribution in [-0.4, -0.2) is 44.7 Å². The minimum Gasteiger partial charge on any atom is -0.497 e. The zero-order valence-electron chi connectivity index (χ0n) is 10.3. The van der Waals surface area contributed by atoms with E-state index >= 15 is 0 Å². The number of rotatable bonds is 2. The molecule has 3 nitrogen and oxygen atoms in total. The van der Waals surface area contributed by atoms with Gasteiger partial charge in [0.2, 0.25) is 0 Å². The fraction of sp³-hybridized carbons (Fsp3) is 0.538. The van der Waals surface area contributed by atoms with Crippen molar-refractivity contribution in [1.82, 2.24) is 4.90 Å². The third-order valence-corrected chi connectivity index (χ3v) is 3.23. The molecule has 1 unspecified atom stereocenters. The maximum absolute atomic E-state index is 5.17. The number of hydrogen-bond donors (Lipinski definition) is 0. The van der Waals surface area contributed by atoms with Gasteiger partial charge in [-0.2, -0.15) is 0 Å². The Morgan fingerprint density at radius 2 is 1.88 bits per heavy atom. The van der Waals surface area contributed by atoms with E-state index in [1.807, 2.05) is 12.1 Å². The third-order valence-electron chi connectivity index (χ3n) is 3.23. The number of ether oxygens (including phenoxy) is 1. The zero-order valence-corrected chi connectivity index (χ0v) is 10.3. The van der Waals surface area contributed by atoms with Crippen LogP contribution in [0.2, 0.25) is 0 Å². The molecule has 0 N–H and O–H groups in total. The zero-order chi connectivity index (χ0) is 11.5. The molecule has 0 radical (unpaired) electrons. The van der Waals surface area contributed by atoms with Crippen LogP contribution in [0.4, 0.5) is 5.69 Å². The van der Waals surface area contributed by atoms with Gasteiger partial charge in [-0.1, -0.05) is 0 Å². The largest absolute Gasteiger partial charge is 0.497 e.